The summed E-state index contributed by atoms with van der Waals surface area (Å²) >= 11 is 0. The average molecular weight is 781 g/mol. The zero-order valence-electron chi connectivity index (χ0n) is 31.0. The van der Waals surface area contributed by atoms with Crippen molar-refractivity contribution < 1.29 is 19.5 Å². The van der Waals surface area contributed by atoms with Crippen molar-refractivity contribution in [2.75, 3.05) is 0 Å². The molecule has 8 bridgehead atoms. The Bertz CT molecular complexity index is 2960. The summed E-state index contributed by atoms with van der Waals surface area (Å²) in [6.07, 6.45) is 14.4. The Hall–Kier alpha value is -7.01. The van der Waals surface area contributed by atoms with Crippen molar-refractivity contribution in [3.05, 3.63) is 198 Å². The zero-order valence-corrected chi connectivity index (χ0v) is 34.0. The van der Waals surface area contributed by atoms with Gasteiger partial charge in [0, 0.05) is 6.20 Å². The molecule has 4 aromatic heterocycles. The number of aromatic nitrogens is 5. The van der Waals surface area contributed by atoms with Crippen molar-refractivity contribution in [3.63, 3.8) is 0 Å². The molecule has 0 aliphatic carbocycles. The van der Waals surface area contributed by atoms with Crippen molar-refractivity contribution in [2.24, 2.45) is 0 Å². The molecule has 2 aliphatic heterocycles. The fraction of sp³-hybridized carbons (Fsp3) is 0. The second-order valence-electron chi connectivity index (χ2n) is 13.6. The minimum Gasteiger partial charge on any atom is -0.657 e. The maximum Gasteiger partial charge on any atom is 2.00 e. The maximum absolute atomic E-state index is 5.43. The van der Waals surface area contributed by atoms with Crippen LogP contribution in [-0.4, -0.2) is 15.0 Å². The SMILES string of the molecule is C1=Cc2nc1c(-c1ccccc1)c1ccc([n-]1)c(-c1ccccc1)c1nc(c(-c3ccccc3/C=C/c3ccccn3)c3ccc([n-]3)c2-c2ccccc2)C=C1.[Zn+2]. The third-order valence-corrected chi connectivity index (χ3v) is 10.1. The summed E-state index contributed by atoms with van der Waals surface area (Å²) in [5.41, 5.74) is 16.5. The van der Waals surface area contributed by atoms with Gasteiger partial charge in [0.15, 0.2) is 0 Å². The molecule has 264 valence electrons. The van der Waals surface area contributed by atoms with E-state index in [0.717, 1.165) is 101 Å². The van der Waals surface area contributed by atoms with Gasteiger partial charge in [-0.1, -0.05) is 152 Å². The third-order valence-electron chi connectivity index (χ3n) is 10.1. The van der Waals surface area contributed by atoms with Crippen LogP contribution in [0, 0.1) is 0 Å². The molecule has 6 heteroatoms. The largest absolute Gasteiger partial charge is 2.00 e. The van der Waals surface area contributed by atoms with E-state index >= 15 is 0 Å². The van der Waals surface area contributed by atoms with Crippen molar-refractivity contribution in [2.45, 2.75) is 0 Å². The number of benzene rings is 4. The molecule has 0 saturated heterocycles. The predicted molar refractivity (Wildman–Crippen MR) is 232 cm³/mol. The molecule has 0 radical (unpaired) electrons. The molecular weight excluding hydrogens is 748 g/mol. The van der Waals surface area contributed by atoms with E-state index in [1.165, 1.54) is 0 Å². The van der Waals surface area contributed by atoms with Gasteiger partial charge in [-0.15, -0.1) is 22.1 Å². The topological polar surface area (TPSA) is 66.9 Å². The monoisotopic (exact) mass is 779 g/mol. The summed E-state index contributed by atoms with van der Waals surface area (Å²) in [5.74, 6) is 0. The molecule has 0 unspecified atom stereocenters. The third kappa shape index (κ3) is 6.93. The fourth-order valence-electron chi connectivity index (χ4n) is 7.58. The minimum atomic E-state index is 0. The second-order valence-corrected chi connectivity index (χ2v) is 13.6. The van der Waals surface area contributed by atoms with Crippen LogP contribution in [0.4, 0.5) is 0 Å². The van der Waals surface area contributed by atoms with Crippen LogP contribution in [0.2, 0.25) is 0 Å². The van der Waals surface area contributed by atoms with Crippen LogP contribution >= 0.6 is 0 Å². The van der Waals surface area contributed by atoms with E-state index in [0.29, 0.717) is 0 Å². The molecule has 0 fully saturated rings. The summed E-state index contributed by atoms with van der Waals surface area (Å²) in [6, 6.07) is 54.0. The van der Waals surface area contributed by atoms with E-state index < -0.39 is 0 Å². The van der Waals surface area contributed by atoms with Gasteiger partial charge in [-0.25, -0.2) is 9.97 Å². The van der Waals surface area contributed by atoms with Crippen LogP contribution in [0.5, 0.6) is 0 Å². The minimum absolute atomic E-state index is 0. The first-order valence-corrected chi connectivity index (χ1v) is 18.7. The molecule has 10 rings (SSSR count). The molecule has 8 aromatic rings. The Labute approximate surface area is 343 Å². The smallest absolute Gasteiger partial charge is 0.657 e. The number of fused-ring (bicyclic) bond motifs is 8. The van der Waals surface area contributed by atoms with Crippen molar-refractivity contribution >= 4 is 58.5 Å². The van der Waals surface area contributed by atoms with E-state index in [9.17, 15) is 0 Å². The van der Waals surface area contributed by atoms with Gasteiger partial charge in [-0.05, 0) is 92.6 Å². The number of pyridine rings is 1. The van der Waals surface area contributed by atoms with E-state index in [1.54, 1.807) is 0 Å². The van der Waals surface area contributed by atoms with Gasteiger partial charge in [-0.2, -0.15) is 0 Å². The molecule has 4 aromatic carbocycles. The molecule has 0 atom stereocenters. The first kappa shape index (κ1) is 35.7. The predicted octanol–water partition coefficient (Wildman–Crippen LogP) is 12.1. The van der Waals surface area contributed by atoms with E-state index in [1.807, 2.05) is 48.7 Å². The van der Waals surface area contributed by atoms with E-state index in [4.69, 9.17) is 19.9 Å². The number of rotatable bonds is 6. The van der Waals surface area contributed by atoms with Crippen LogP contribution < -0.4 is 9.97 Å². The maximum atomic E-state index is 5.43. The number of hydrogen-bond acceptors (Lipinski definition) is 3. The van der Waals surface area contributed by atoms with Crippen LogP contribution in [0.1, 0.15) is 34.0 Å². The Balaban J connectivity index is 0.00000422. The van der Waals surface area contributed by atoms with Crippen molar-refractivity contribution in [3.8, 4) is 44.5 Å². The average Bonchev–Trinajstić information content (AvgIpc) is 4.10. The molecule has 57 heavy (non-hydrogen) atoms. The quantitative estimate of drug-likeness (QED) is 0.157. The summed E-state index contributed by atoms with van der Waals surface area (Å²) in [5, 5.41) is 0. The molecule has 0 saturated carbocycles. The first-order chi connectivity index (χ1) is 27.8. The molecule has 0 amide bonds. The van der Waals surface area contributed by atoms with Crippen LogP contribution in [0.15, 0.2) is 164 Å². The summed E-state index contributed by atoms with van der Waals surface area (Å²) < 4.78 is 0. The van der Waals surface area contributed by atoms with Crippen molar-refractivity contribution in [1.29, 1.82) is 0 Å². The van der Waals surface area contributed by atoms with Gasteiger partial charge in [0.1, 0.15) is 0 Å². The Morgan fingerprint density at radius 1 is 0.368 bits per heavy atom. The molecule has 5 nitrogen and oxygen atoms in total. The molecule has 0 N–H and O–H groups in total. The first-order valence-electron chi connectivity index (χ1n) is 18.7. The normalized spacial score (nSPS) is 11.9. The van der Waals surface area contributed by atoms with Gasteiger partial charge in [0.05, 0.1) is 28.5 Å². The van der Waals surface area contributed by atoms with Gasteiger partial charge in [-0.3, -0.25) is 4.98 Å². The Morgan fingerprint density at radius 2 is 0.772 bits per heavy atom. The van der Waals surface area contributed by atoms with Crippen molar-refractivity contribution in [1.82, 2.24) is 24.9 Å². The van der Waals surface area contributed by atoms with E-state index in [-0.39, 0.29) is 19.5 Å². The second kappa shape index (κ2) is 15.6. The molecule has 2 aliphatic rings. The van der Waals surface area contributed by atoms with Gasteiger partial charge < -0.3 is 9.97 Å². The standard InChI is InChI=1S/C51H33N5.Zn/c1-4-15-35(16-5-1)48-40-25-27-42(53-40)49(36-17-6-2-7-18-36)44-29-31-46(55-44)51(39-22-11-10-14-34(39)23-24-38-21-12-13-33-52-38)47-32-30-45(56-47)50(37-19-8-3-9-20-37)43-28-26-41(48)54-43;/h1-33H;/q-2;+2/b24-23+,48-40?,48-41?,49-42?,49-44?,50-43?,50-45?,51-46?,51-47?;. The molecular formula is C51H33N5Zn. The zero-order chi connectivity index (χ0) is 37.3. The fourth-order valence-corrected chi connectivity index (χ4v) is 7.58. The van der Waals surface area contributed by atoms with Gasteiger partial charge >= 0.3 is 19.5 Å². The van der Waals surface area contributed by atoms with Crippen LogP contribution in [-0.2, 0) is 19.5 Å². The van der Waals surface area contributed by atoms with Crippen LogP contribution in [0.25, 0.3) is 103 Å². The summed E-state index contributed by atoms with van der Waals surface area (Å²) in [4.78, 5) is 26.1. The summed E-state index contributed by atoms with van der Waals surface area (Å²) in [7, 11) is 0. The molecule has 6 heterocycles. The van der Waals surface area contributed by atoms with Gasteiger partial charge in [0.25, 0.3) is 0 Å². The summed E-state index contributed by atoms with van der Waals surface area (Å²) in [6.45, 7) is 0. The van der Waals surface area contributed by atoms with Gasteiger partial charge in [0.2, 0.25) is 0 Å². The number of nitrogens with zero attached hydrogens (tertiary/aromatic N) is 5. The van der Waals surface area contributed by atoms with E-state index in [2.05, 4.69) is 157 Å². The molecule has 0 spiro atoms. The van der Waals surface area contributed by atoms with Crippen LogP contribution in [0.3, 0.4) is 0 Å². The Kier molecular flexibility index (Phi) is 9.78. The number of hydrogen-bond donors (Lipinski definition) is 0. The Morgan fingerprint density at radius 3 is 1.23 bits per heavy atom.